The van der Waals surface area contributed by atoms with E-state index in [1.807, 2.05) is 48.5 Å². The largest absolute Gasteiger partial charge is 0.469 e. The number of nitrogens with one attached hydrogen (secondary N) is 2. The van der Waals surface area contributed by atoms with Crippen LogP contribution in [0.15, 0.2) is 60.7 Å². The minimum absolute atomic E-state index is 0.122. The molecule has 2 aromatic rings. The minimum Gasteiger partial charge on any atom is -0.469 e. The number of methoxy groups -OCH3 is 3. The number of esters is 2. The molecule has 2 atom stereocenters. The van der Waals surface area contributed by atoms with Gasteiger partial charge in [-0.15, -0.1) is 0 Å². The van der Waals surface area contributed by atoms with Gasteiger partial charge >= 0.3 is 11.9 Å². The van der Waals surface area contributed by atoms with Gasteiger partial charge in [-0.2, -0.15) is 0 Å². The Morgan fingerprint density at radius 1 is 0.605 bits per heavy atom. The number of amides is 2. The number of rotatable bonds is 19. The Morgan fingerprint density at radius 3 is 1.47 bits per heavy atom. The van der Waals surface area contributed by atoms with E-state index in [0.717, 1.165) is 57.1 Å². The van der Waals surface area contributed by atoms with Crippen LogP contribution in [0.1, 0.15) is 77.0 Å². The first-order chi connectivity index (χ1) is 20.8. The topological polar surface area (TPSA) is 140 Å². The van der Waals surface area contributed by atoms with Crippen LogP contribution in [0.25, 0.3) is 0 Å². The molecule has 3 N–H and O–H groups in total. The molecule has 2 rings (SSSR count). The summed E-state index contributed by atoms with van der Waals surface area (Å²) in [7, 11) is 4.33. The second kappa shape index (κ2) is 23.8. The molecule has 2 aromatic carbocycles. The highest BCUT2D eigenvalue weighted by Gasteiger charge is 2.17. The summed E-state index contributed by atoms with van der Waals surface area (Å²) in [6.45, 7) is 0. The number of carbonyl (C=O) groups is 4. The number of unbranched alkanes of at least 4 members (excludes halogenated alkanes) is 6. The standard InChI is InChI=1S/C17H25NO4.C16H23NO4/c1-21-15(12-8-3-4-9-13-16(19)22-2)17(20)18-14-10-6-5-7-11-14;1-21-15(19)12-8-3-2-7-11-14(18)16(20)17-13-9-5-4-6-10-13/h5-7,10-11,15H,3-4,8-9,12-13H2,1-2H3,(H,18,20);4-6,9-10,14,18H,2-3,7-8,11-12H2,1H3,(H,17,20). The highest BCUT2D eigenvalue weighted by atomic mass is 16.5. The molecule has 2 unspecified atom stereocenters. The van der Waals surface area contributed by atoms with Crippen molar-refractivity contribution in [2.24, 2.45) is 0 Å². The third-order valence-electron chi connectivity index (χ3n) is 6.62. The zero-order valence-electron chi connectivity index (χ0n) is 25.7. The van der Waals surface area contributed by atoms with E-state index in [-0.39, 0.29) is 23.8 Å². The highest BCUT2D eigenvalue weighted by Crippen LogP contribution is 2.13. The molecule has 0 heterocycles. The molecular formula is C33H48N2O8. The van der Waals surface area contributed by atoms with E-state index >= 15 is 0 Å². The van der Waals surface area contributed by atoms with Crippen LogP contribution < -0.4 is 10.6 Å². The fourth-order valence-corrected chi connectivity index (χ4v) is 4.10. The van der Waals surface area contributed by atoms with Crippen LogP contribution in [0.3, 0.4) is 0 Å². The summed E-state index contributed by atoms with van der Waals surface area (Å²) in [5.41, 5.74) is 1.45. The van der Waals surface area contributed by atoms with Gasteiger partial charge in [0.25, 0.3) is 11.8 Å². The van der Waals surface area contributed by atoms with Gasteiger partial charge in [0.2, 0.25) is 0 Å². The first-order valence-electron chi connectivity index (χ1n) is 14.9. The smallest absolute Gasteiger partial charge is 0.305 e. The lowest BCUT2D eigenvalue weighted by molar-refractivity contribution is -0.141. The number of aliphatic hydroxyl groups excluding tert-OH is 1. The molecule has 2 amide bonds. The molecule has 0 aromatic heterocycles. The fraction of sp³-hybridized carbons (Fsp3) is 0.515. The van der Waals surface area contributed by atoms with Gasteiger partial charge in [-0.25, -0.2) is 0 Å². The maximum Gasteiger partial charge on any atom is 0.305 e. The molecule has 0 aliphatic rings. The molecule has 0 spiro atoms. The Bertz CT molecular complexity index is 1050. The van der Waals surface area contributed by atoms with Crippen molar-refractivity contribution in [3.63, 3.8) is 0 Å². The van der Waals surface area contributed by atoms with Gasteiger partial charge < -0.3 is 30.0 Å². The van der Waals surface area contributed by atoms with Crippen LogP contribution in [-0.2, 0) is 33.4 Å². The average molecular weight is 601 g/mol. The number of aliphatic hydroxyl groups is 1. The van der Waals surface area contributed by atoms with Crippen molar-refractivity contribution in [1.82, 2.24) is 0 Å². The Kier molecular flexibility index (Phi) is 20.6. The molecular weight excluding hydrogens is 552 g/mol. The molecule has 0 saturated heterocycles. The molecule has 0 radical (unpaired) electrons. The summed E-state index contributed by atoms with van der Waals surface area (Å²) >= 11 is 0. The van der Waals surface area contributed by atoms with Gasteiger partial charge in [0, 0.05) is 31.3 Å². The SMILES string of the molecule is COC(=O)CCCCCCC(O)C(=O)Nc1ccccc1.COC(=O)CCCCCCC(OC)C(=O)Nc1ccccc1. The molecule has 0 fully saturated rings. The zero-order chi connectivity index (χ0) is 31.7. The van der Waals surface area contributed by atoms with E-state index in [0.29, 0.717) is 31.4 Å². The third-order valence-corrected chi connectivity index (χ3v) is 6.62. The third kappa shape index (κ3) is 18.4. The predicted octanol–water partition coefficient (Wildman–Crippen LogP) is 5.65. The molecule has 0 aliphatic heterocycles. The maximum atomic E-state index is 12.1. The molecule has 10 heteroatoms. The van der Waals surface area contributed by atoms with E-state index in [2.05, 4.69) is 20.1 Å². The molecule has 0 saturated carbocycles. The van der Waals surface area contributed by atoms with Crippen LogP contribution in [-0.4, -0.2) is 62.4 Å². The lowest BCUT2D eigenvalue weighted by Gasteiger charge is -2.15. The zero-order valence-corrected chi connectivity index (χ0v) is 25.7. The van der Waals surface area contributed by atoms with Crippen LogP contribution in [0.5, 0.6) is 0 Å². The number of carbonyl (C=O) groups excluding carboxylic acids is 4. The lowest BCUT2D eigenvalue weighted by Crippen LogP contribution is -2.29. The Labute approximate surface area is 255 Å². The number of para-hydroxylation sites is 2. The number of ether oxygens (including phenoxy) is 3. The van der Waals surface area contributed by atoms with Gasteiger partial charge in [-0.3, -0.25) is 19.2 Å². The Balaban J connectivity index is 0.000000430. The summed E-state index contributed by atoms with van der Waals surface area (Å²) < 4.78 is 14.4. The van der Waals surface area contributed by atoms with Crippen molar-refractivity contribution in [2.45, 2.75) is 89.3 Å². The van der Waals surface area contributed by atoms with Gasteiger partial charge in [-0.1, -0.05) is 74.9 Å². The van der Waals surface area contributed by atoms with Crippen molar-refractivity contribution in [3.05, 3.63) is 60.7 Å². The summed E-state index contributed by atoms with van der Waals surface area (Å²) in [5.74, 6) is -0.867. The number of hydrogen-bond acceptors (Lipinski definition) is 8. The Hall–Kier alpha value is -3.76. The normalized spacial score (nSPS) is 11.7. The van der Waals surface area contributed by atoms with Crippen LogP contribution >= 0.6 is 0 Å². The monoisotopic (exact) mass is 600 g/mol. The summed E-state index contributed by atoms with van der Waals surface area (Å²) in [5, 5.41) is 15.3. The summed E-state index contributed by atoms with van der Waals surface area (Å²) in [4.78, 5) is 45.7. The minimum atomic E-state index is -0.995. The van der Waals surface area contributed by atoms with E-state index in [1.165, 1.54) is 14.2 Å². The quantitative estimate of drug-likeness (QED) is 0.139. The van der Waals surface area contributed by atoms with Crippen molar-refractivity contribution in [3.8, 4) is 0 Å². The van der Waals surface area contributed by atoms with Gasteiger partial charge in [0.1, 0.15) is 12.2 Å². The second-order valence-electron chi connectivity index (χ2n) is 10.0. The summed E-state index contributed by atoms with van der Waals surface area (Å²) in [6, 6.07) is 18.4. The molecule has 0 bridgehead atoms. The molecule has 43 heavy (non-hydrogen) atoms. The second-order valence-corrected chi connectivity index (χ2v) is 10.0. The number of benzene rings is 2. The Morgan fingerprint density at radius 2 is 1.02 bits per heavy atom. The van der Waals surface area contributed by atoms with Gasteiger partial charge in [-0.05, 0) is 49.9 Å². The van der Waals surface area contributed by atoms with E-state index in [9.17, 15) is 24.3 Å². The van der Waals surface area contributed by atoms with Crippen LogP contribution in [0, 0.1) is 0 Å². The van der Waals surface area contributed by atoms with Gasteiger partial charge in [0.15, 0.2) is 0 Å². The van der Waals surface area contributed by atoms with Crippen LogP contribution in [0.4, 0.5) is 11.4 Å². The lowest BCUT2D eigenvalue weighted by atomic mass is 10.1. The number of hydrogen-bond donors (Lipinski definition) is 3. The first-order valence-corrected chi connectivity index (χ1v) is 14.9. The number of anilines is 2. The van der Waals surface area contributed by atoms with Crippen molar-refractivity contribution >= 4 is 35.1 Å². The molecule has 0 aliphatic carbocycles. The highest BCUT2D eigenvalue weighted by molar-refractivity contribution is 5.94. The van der Waals surface area contributed by atoms with Crippen molar-refractivity contribution < 1.29 is 38.5 Å². The average Bonchev–Trinajstić information content (AvgIpc) is 3.03. The molecule has 238 valence electrons. The molecule has 10 nitrogen and oxygen atoms in total. The summed E-state index contributed by atoms with van der Waals surface area (Å²) in [6.07, 6.45) is 7.48. The van der Waals surface area contributed by atoms with Crippen molar-refractivity contribution in [1.29, 1.82) is 0 Å². The van der Waals surface area contributed by atoms with E-state index in [1.54, 1.807) is 19.2 Å². The van der Waals surface area contributed by atoms with E-state index in [4.69, 9.17) is 4.74 Å². The predicted molar refractivity (Wildman–Crippen MR) is 166 cm³/mol. The fourth-order valence-electron chi connectivity index (χ4n) is 4.10. The van der Waals surface area contributed by atoms with E-state index < -0.39 is 12.2 Å². The van der Waals surface area contributed by atoms with Crippen LogP contribution in [0.2, 0.25) is 0 Å². The maximum absolute atomic E-state index is 12.1. The van der Waals surface area contributed by atoms with Gasteiger partial charge in [0.05, 0.1) is 14.2 Å². The van der Waals surface area contributed by atoms with Crippen molar-refractivity contribution in [2.75, 3.05) is 32.0 Å². The first kappa shape index (κ1) is 37.3.